The molecule has 11 heteroatoms. The highest BCUT2D eigenvalue weighted by atomic mass is 35.5. The Kier molecular flexibility index (Phi) is 8.21. The van der Waals surface area contributed by atoms with Crippen LogP contribution in [-0.4, -0.2) is 52.4 Å². The molecule has 0 fully saturated rings. The number of ether oxygens (including phenoxy) is 1. The number of methoxy groups -OCH3 is 1. The van der Waals surface area contributed by atoms with Crippen molar-refractivity contribution in [2.75, 3.05) is 21.2 Å². The fraction of sp³-hybridized carbons (Fsp3) is 0.364. The first-order chi connectivity index (χ1) is 15.2. The first-order valence-corrected chi connectivity index (χ1v) is 11.7. The second-order valence-electron chi connectivity index (χ2n) is 7.78. The summed E-state index contributed by atoms with van der Waals surface area (Å²) in [5.41, 5.74) is 0.838. The summed E-state index contributed by atoms with van der Waals surface area (Å²) in [7, 11) is -1.06. The number of carbonyl (C=O) groups excluding carboxylic acids is 2. The predicted molar refractivity (Wildman–Crippen MR) is 120 cm³/mol. The Hall–Kier alpha value is -2.56. The second-order valence-corrected chi connectivity index (χ2v) is 9.86. The summed E-state index contributed by atoms with van der Waals surface area (Å²) in [6, 6.07) is 2.91. The van der Waals surface area contributed by atoms with Gasteiger partial charge in [0.1, 0.15) is 22.6 Å². The van der Waals surface area contributed by atoms with Crippen molar-refractivity contribution >= 4 is 33.5 Å². The van der Waals surface area contributed by atoms with Gasteiger partial charge in [-0.2, -0.15) is 4.72 Å². The minimum atomic E-state index is -4.81. The molecule has 0 radical (unpaired) electrons. The maximum atomic E-state index is 14.8. The second kappa shape index (κ2) is 10.1. The van der Waals surface area contributed by atoms with Crippen molar-refractivity contribution in [3.8, 4) is 0 Å². The molecule has 0 aliphatic carbocycles. The molecule has 2 aromatic rings. The summed E-state index contributed by atoms with van der Waals surface area (Å²) < 4.78 is 62.8. The summed E-state index contributed by atoms with van der Waals surface area (Å²) in [6.45, 7) is 4.82. The van der Waals surface area contributed by atoms with Gasteiger partial charge < -0.3 is 9.64 Å². The molecule has 1 N–H and O–H groups in total. The zero-order valence-corrected chi connectivity index (χ0v) is 20.6. The standard InChI is InChI=1S/C22H25ClF2N2O5S/c1-11-7-8-16(24)18(12(11)2)13(3)19(22(29)32-6)26-33(30,31)20-15(21(28)27(4)5)9-14(23)10-17(20)25/h7-10,13,19,26H,1-6H3/t13?,19-/m0/s1. The van der Waals surface area contributed by atoms with Gasteiger partial charge in [-0.05, 0) is 48.7 Å². The lowest BCUT2D eigenvalue weighted by molar-refractivity contribution is -0.143. The third-order valence-electron chi connectivity index (χ3n) is 5.34. The number of rotatable bonds is 7. The molecule has 7 nitrogen and oxygen atoms in total. The minimum Gasteiger partial charge on any atom is -0.468 e. The Morgan fingerprint density at radius 2 is 1.73 bits per heavy atom. The molecule has 0 aliphatic rings. The van der Waals surface area contributed by atoms with E-state index in [9.17, 15) is 26.8 Å². The van der Waals surface area contributed by atoms with Crippen LogP contribution in [-0.2, 0) is 19.6 Å². The quantitative estimate of drug-likeness (QED) is 0.584. The number of sulfonamides is 1. The van der Waals surface area contributed by atoms with Crippen LogP contribution in [0.2, 0.25) is 5.02 Å². The molecule has 0 saturated carbocycles. The summed E-state index contributed by atoms with van der Waals surface area (Å²) in [4.78, 5) is 25.2. The third-order valence-corrected chi connectivity index (χ3v) is 7.07. The maximum Gasteiger partial charge on any atom is 0.324 e. The molecule has 0 aliphatic heterocycles. The van der Waals surface area contributed by atoms with Crippen molar-refractivity contribution < 1.29 is 31.5 Å². The fourth-order valence-electron chi connectivity index (χ4n) is 3.47. The van der Waals surface area contributed by atoms with Crippen LogP contribution in [0, 0.1) is 25.5 Å². The number of nitrogens with one attached hydrogen (secondary N) is 1. The normalized spacial score (nSPS) is 13.4. The SMILES string of the molecule is COC(=O)[C@@H](NS(=O)(=O)c1c(F)cc(Cl)cc1C(=O)N(C)C)C(C)c1c(F)ccc(C)c1C. The molecule has 0 saturated heterocycles. The van der Waals surface area contributed by atoms with Gasteiger partial charge in [-0.1, -0.05) is 24.6 Å². The summed E-state index contributed by atoms with van der Waals surface area (Å²) >= 11 is 5.84. The van der Waals surface area contributed by atoms with Crippen molar-refractivity contribution in [1.29, 1.82) is 0 Å². The number of carbonyl (C=O) groups is 2. The number of esters is 1. The van der Waals surface area contributed by atoms with E-state index in [0.717, 1.165) is 29.7 Å². The summed E-state index contributed by atoms with van der Waals surface area (Å²) in [5, 5.41) is -0.188. The predicted octanol–water partition coefficient (Wildman–Crippen LogP) is 3.56. The van der Waals surface area contributed by atoms with Gasteiger partial charge in [0.05, 0.1) is 12.7 Å². The van der Waals surface area contributed by atoms with Crippen molar-refractivity contribution in [3.63, 3.8) is 0 Å². The van der Waals surface area contributed by atoms with Crippen LogP contribution < -0.4 is 4.72 Å². The Labute approximate surface area is 196 Å². The van der Waals surface area contributed by atoms with Crippen LogP contribution in [0.1, 0.15) is 39.9 Å². The Morgan fingerprint density at radius 3 is 2.27 bits per heavy atom. The molecule has 2 atom stereocenters. The maximum absolute atomic E-state index is 14.8. The van der Waals surface area contributed by atoms with Gasteiger partial charge in [0.15, 0.2) is 0 Å². The monoisotopic (exact) mass is 502 g/mol. The van der Waals surface area contributed by atoms with Gasteiger partial charge in [-0.3, -0.25) is 9.59 Å². The molecule has 33 heavy (non-hydrogen) atoms. The van der Waals surface area contributed by atoms with Gasteiger partial charge in [0.25, 0.3) is 5.91 Å². The van der Waals surface area contributed by atoms with E-state index >= 15 is 0 Å². The van der Waals surface area contributed by atoms with E-state index in [0.29, 0.717) is 5.56 Å². The molecule has 1 unspecified atom stereocenters. The molecular weight excluding hydrogens is 478 g/mol. The minimum absolute atomic E-state index is 0.106. The number of benzene rings is 2. The van der Waals surface area contributed by atoms with Gasteiger partial charge in [-0.15, -0.1) is 0 Å². The van der Waals surface area contributed by atoms with Crippen LogP contribution >= 0.6 is 11.6 Å². The lowest BCUT2D eigenvalue weighted by Crippen LogP contribution is -2.46. The van der Waals surface area contributed by atoms with Crippen LogP contribution in [0.4, 0.5) is 8.78 Å². The van der Waals surface area contributed by atoms with Crippen LogP contribution in [0.25, 0.3) is 0 Å². The van der Waals surface area contributed by atoms with Crippen LogP contribution in [0.15, 0.2) is 29.2 Å². The summed E-state index contributed by atoms with van der Waals surface area (Å²) in [5.74, 6) is -4.79. The van der Waals surface area contributed by atoms with E-state index in [-0.39, 0.29) is 10.6 Å². The molecule has 2 rings (SSSR count). The number of hydrogen-bond acceptors (Lipinski definition) is 5. The highest BCUT2D eigenvalue weighted by molar-refractivity contribution is 7.89. The molecule has 0 aromatic heterocycles. The fourth-order valence-corrected chi connectivity index (χ4v) is 5.18. The zero-order chi connectivity index (χ0) is 25.2. The molecule has 180 valence electrons. The first-order valence-electron chi connectivity index (χ1n) is 9.79. The Morgan fingerprint density at radius 1 is 1.12 bits per heavy atom. The molecule has 0 heterocycles. The highest BCUT2D eigenvalue weighted by Crippen LogP contribution is 2.31. The number of amides is 1. The van der Waals surface area contributed by atoms with Gasteiger partial charge in [-0.25, -0.2) is 17.2 Å². The van der Waals surface area contributed by atoms with E-state index in [1.54, 1.807) is 19.9 Å². The average molecular weight is 503 g/mol. The average Bonchev–Trinajstić information content (AvgIpc) is 2.72. The molecule has 1 amide bonds. The van der Waals surface area contributed by atoms with E-state index in [4.69, 9.17) is 16.3 Å². The van der Waals surface area contributed by atoms with E-state index in [1.807, 2.05) is 0 Å². The number of halogens is 3. The lowest BCUT2D eigenvalue weighted by Gasteiger charge is -2.26. The highest BCUT2D eigenvalue weighted by Gasteiger charge is 2.37. The van der Waals surface area contributed by atoms with E-state index in [1.165, 1.54) is 27.1 Å². The van der Waals surface area contributed by atoms with Crippen LogP contribution in [0.3, 0.4) is 0 Å². The molecule has 0 bridgehead atoms. The van der Waals surface area contributed by atoms with Crippen molar-refractivity contribution in [2.45, 2.75) is 37.6 Å². The topological polar surface area (TPSA) is 92.8 Å². The first kappa shape index (κ1) is 26.7. The van der Waals surface area contributed by atoms with Crippen molar-refractivity contribution in [1.82, 2.24) is 9.62 Å². The Balaban J connectivity index is 2.66. The van der Waals surface area contributed by atoms with Gasteiger partial charge in [0, 0.05) is 25.0 Å². The largest absolute Gasteiger partial charge is 0.468 e. The van der Waals surface area contributed by atoms with Gasteiger partial charge in [0.2, 0.25) is 10.0 Å². The van der Waals surface area contributed by atoms with E-state index < -0.39 is 56.0 Å². The molecule has 2 aromatic carbocycles. The van der Waals surface area contributed by atoms with Crippen molar-refractivity contribution in [2.24, 2.45) is 0 Å². The third kappa shape index (κ3) is 5.51. The molecular formula is C22H25ClF2N2O5S. The van der Waals surface area contributed by atoms with Gasteiger partial charge >= 0.3 is 5.97 Å². The van der Waals surface area contributed by atoms with Crippen LogP contribution in [0.5, 0.6) is 0 Å². The molecule has 0 spiro atoms. The lowest BCUT2D eigenvalue weighted by atomic mass is 9.88. The Bertz CT molecular complexity index is 1200. The number of hydrogen-bond donors (Lipinski definition) is 1. The number of aryl methyl sites for hydroxylation is 1. The summed E-state index contributed by atoms with van der Waals surface area (Å²) in [6.07, 6.45) is 0. The zero-order valence-electron chi connectivity index (χ0n) is 19.0. The van der Waals surface area contributed by atoms with E-state index in [2.05, 4.69) is 4.72 Å². The van der Waals surface area contributed by atoms with Crippen molar-refractivity contribution in [3.05, 3.63) is 63.2 Å². The smallest absolute Gasteiger partial charge is 0.324 e. The number of nitrogens with zero attached hydrogens (tertiary/aromatic N) is 1.